The fraction of sp³-hybridized carbons (Fsp3) is 0.429. The Balaban J connectivity index is 2.99. The summed E-state index contributed by atoms with van der Waals surface area (Å²) in [5, 5.41) is 10.1. The molecule has 0 saturated carbocycles. The third-order valence-corrected chi connectivity index (χ3v) is 2.32. The standard InChI is InChI=1S/C7H9NO3S/c1-2-8-5(3-6(9)10)4-12-7(8)11/h4H,2-3H2,1H3,(H,9,10). The summed E-state index contributed by atoms with van der Waals surface area (Å²) in [7, 11) is 0. The Morgan fingerprint density at radius 2 is 2.42 bits per heavy atom. The number of hydrogen-bond acceptors (Lipinski definition) is 3. The van der Waals surface area contributed by atoms with E-state index in [9.17, 15) is 9.59 Å². The second-order valence-electron chi connectivity index (χ2n) is 2.31. The number of nitrogens with zero attached hydrogens (tertiary/aromatic N) is 1. The van der Waals surface area contributed by atoms with Gasteiger partial charge < -0.3 is 9.67 Å². The Labute approximate surface area is 73.1 Å². The highest BCUT2D eigenvalue weighted by Crippen LogP contribution is 2.02. The van der Waals surface area contributed by atoms with E-state index in [2.05, 4.69) is 0 Å². The van der Waals surface area contributed by atoms with Crippen molar-refractivity contribution in [3.8, 4) is 0 Å². The molecule has 0 radical (unpaired) electrons. The minimum absolute atomic E-state index is 0.0768. The van der Waals surface area contributed by atoms with Crippen LogP contribution in [0.5, 0.6) is 0 Å². The van der Waals surface area contributed by atoms with E-state index in [-0.39, 0.29) is 11.3 Å². The molecule has 0 saturated heterocycles. The van der Waals surface area contributed by atoms with Crippen molar-refractivity contribution in [3.05, 3.63) is 20.7 Å². The fourth-order valence-corrected chi connectivity index (χ4v) is 1.81. The number of thiazole rings is 1. The molecule has 66 valence electrons. The van der Waals surface area contributed by atoms with Crippen molar-refractivity contribution in [3.63, 3.8) is 0 Å². The van der Waals surface area contributed by atoms with Gasteiger partial charge in [-0.05, 0) is 6.92 Å². The zero-order valence-corrected chi connectivity index (χ0v) is 7.43. The van der Waals surface area contributed by atoms with Gasteiger partial charge in [0.2, 0.25) is 0 Å². The van der Waals surface area contributed by atoms with Gasteiger partial charge in [-0.15, -0.1) is 0 Å². The first kappa shape index (κ1) is 8.99. The molecule has 0 aliphatic rings. The Hall–Kier alpha value is -1.10. The molecule has 1 N–H and O–H groups in total. The maximum atomic E-state index is 11.0. The second kappa shape index (κ2) is 3.53. The van der Waals surface area contributed by atoms with Gasteiger partial charge in [0.05, 0.1) is 6.42 Å². The number of aromatic nitrogens is 1. The normalized spacial score (nSPS) is 10.1. The van der Waals surface area contributed by atoms with Crippen LogP contribution in [0.2, 0.25) is 0 Å². The second-order valence-corrected chi connectivity index (χ2v) is 3.13. The number of hydrogen-bond donors (Lipinski definition) is 1. The smallest absolute Gasteiger partial charge is 0.309 e. The summed E-state index contributed by atoms with van der Waals surface area (Å²) >= 11 is 1.04. The molecule has 1 aromatic heterocycles. The van der Waals surface area contributed by atoms with Crippen LogP contribution in [0.4, 0.5) is 0 Å². The van der Waals surface area contributed by atoms with Crippen LogP contribution in [0.3, 0.4) is 0 Å². The van der Waals surface area contributed by atoms with Crippen LogP contribution in [0.25, 0.3) is 0 Å². The van der Waals surface area contributed by atoms with Crippen LogP contribution in [-0.4, -0.2) is 15.6 Å². The summed E-state index contributed by atoms with van der Waals surface area (Å²) in [5.41, 5.74) is 0.583. The lowest BCUT2D eigenvalue weighted by molar-refractivity contribution is -0.136. The third kappa shape index (κ3) is 1.73. The van der Waals surface area contributed by atoms with E-state index < -0.39 is 5.97 Å². The van der Waals surface area contributed by atoms with Crippen molar-refractivity contribution in [1.82, 2.24) is 4.57 Å². The lowest BCUT2D eigenvalue weighted by Crippen LogP contribution is -2.16. The fourth-order valence-electron chi connectivity index (χ4n) is 0.987. The molecule has 0 atom stereocenters. The van der Waals surface area contributed by atoms with Gasteiger partial charge in [0.1, 0.15) is 0 Å². The SMILES string of the molecule is CCn1c(CC(=O)O)csc1=O. The summed E-state index contributed by atoms with van der Waals surface area (Å²) in [6.45, 7) is 2.35. The molecule has 1 aromatic rings. The van der Waals surface area contributed by atoms with Crippen molar-refractivity contribution < 1.29 is 9.90 Å². The van der Waals surface area contributed by atoms with E-state index >= 15 is 0 Å². The van der Waals surface area contributed by atoms with Crippen molar-refractivity contribution in [2.75, 3.05) is 0 Å². The molecule has 0 unspecified atom stereocenters. The lowest BCUT2D eigenvalue weighted by Gasteiger charge is -1.99. The predicted octanol–water partition coefficient (Wildman–Crippen LogP) is 0.557. The number of carbonyl (C=O) groups is 1. The van der Waals surface area contributed by atoms with E-state index in [0.29, 0.717) is 12.2 Å². The van der Waals surface area contributed by atoms with E-state index in [1.165, 1.54) is 4.57 Å². The lowest BCUT2D eigenvalue weighted by atomic mass is 10.3. The van der Waals surface area contributed by atoms with Crippen LogP contribution in [0, 0.1) is 0 Å². The molecule has 0 aromatic carbocycles. The molecular formula is C7H9NO3S. The van der Waals surface area contributed by atoms with Crippen molar-refractivity contribution in [2.24, 2.45) is 0 Å². The Morgan fingerprint density at radius 3 is 2.92 bits per heavy atom. The third-order valence-electron chi connectivity index (χ3n) is 1.51. The number of rotatable bonds is 3. The monoisotopic (exact) mass is 187 g/mol. The van der Waals surface area contributed by atoms with Gasteiger partial charge in [0.15, 0.2) is 0 Å². The zero-order chi connectivity index (χ0) is 9.14. The number of aliphatic carboxylic acids is 1. The van der Waals surface area contributed by atoms with E-state index in [0.717, 1.165) is 11.3 Å². The molecule has 1 rings (SSSR count). The summed E-state index contributed by atoms with van der Waals surface area (Å²) in [4.78, 5) is 21.3. The highest BCUT2D eigenvalue weighted by Gasteiger charge is 2.07. The summed E-state index contributed by atoms with van der Waals surface area (Å²) in [5.74, 6) is -0.907. The number of carboxylic acids is 1. The highest BCUT2D eigenvalue weighted by atomic mass is 32.1. The molecule has 0 bridgehead atoms. The van der Waals surface area contributed by atoms with Gasteiger partial charge in [-0.25, -0.2) is 0 Å². The Kier molecular flexibility index (Phi) is 2.65. The maximum Gasteiger partial charge on any atom is 0.309 e. The molecule has 0 spiro atoms. The average Bonchev–Trinajstić information content (AvgIpc) is 2.30. The first-order valence-corrected chi connectivity index (χ1v) is 4.42. The van der Waals surface area contributed by atoms with Crippen LogP contribution in [0.1, 0.15) is 12.6 Å². The minimum atomic E-state index is -0.907. The molecule has 4 nitrogen and oxygen atoms in total. The highest BCUT2D eigenvalue weighted by molar-refractivity contribution is 7.07. The Bertz CT molecular complexity index is 339. The van der Waals surface area contributed by atoms with Gasteiger partial charge in [-0.3, -0.25) is 9.59 Å². The van der Waals surface area contributed by atoms with Crippen LogP contribution in [0.15, 0.2) is 10.2 Å². The largest absolute Gasteiger partial charge is 0.481 e. The van der Waals surface area contributed by atoms with Gasteiger partial charge in [0, 0.05) is 17.6 Å². The van der Waals surface area contributed by atoms with Crippen molar-refractivity contribution in [1.29, 1.82) is 0 Å². The van der Waals surface area contributed by atoms with E-state index in [4.69, 9.17) is 5.11 Å². The van der Waals surface area contributed by atoms with Crippen LogP contribution < -0.4 is 4.87 Å². The first-order valence-electron chi connectivity index (χ1n) is 3.54. The predicted molar refractivity (Wildman–Crippen MR) is 45.6 cm³/mol. The molecular weight excluding hydrogens is 178 g/mol. The summed E-state index contributed by atoms with van der Waals surface area (Å²) in [6.07, 6.45) is -0.0768. The van der Waals surface area contributed by atoms with Gasteiger partial charge in [-0.2, -0.15) is 0 Å². The molecule has 0 amide bonds. The minimum Gasteiger partial charge on any atom is -0.481 e. The zero-order valence-electron chi connectivity index (χ0n) is 6.61. The summed E-state index contributed by atoms with van der Waals surface area (Å²) in [6, 6.07) is 0. The molecule has 12 heavy (non-hydrogen) atoms. The van der Waals surface area contributed by atoms with E-state index in [1.807, 2.05) is 6.92 Å². The maximum absolute atomic E-state index is 11.0. The molecule has 0 fully saturated rings. The van der Waals surface area contributed by atoms with Gasteiger partial charge in [-0.1, -0.05) is 11.3 Å². The molecule has 5 heteroatoms. The van der Waals surface area contributed by atoms with Crippen molar-refractivity contribution >= 4 is 17.3 Å². The molecule has 0 aliphatic carbocycles. The molecule has 1 heterocycles. The van der Waals surface area contributed by atoms with Crippen LogP contribution in [-0.2, 0) is 17.8 Å². The quantitative estimate of drug-likeness (QED) is 0.752. The number of carboxylic acid groups (broad SMARTS) is 1. The van der Waals surface area contributed by atoms with Crippen molar-refractivity contribution in [2.45, 2.75) is 19.9 Å². The summed E-state index contributed by atoms with van der Waals surface area (Å²) < 4.78 is 1.47. The van der Waals surface area contributed by atoms with E-state index in [1.54, 1.807) is 5.38 Å². The average molecular weight is 187 g/mol. The van der Waals surface area contributed by atoms with Gasteiger partial charge >= 0.3 is 10.8 Å². The topological polar surface area (TPSA) is 59.3 Å². The molecule has 0 aliphatic heterocycles. The van der Waals surface area contributed by atoms with Gasteiger partial charge in [0.25, 0.3) is 0 Å². The van der Waals surface area contributed by atoms with Crippen LogP contribution >= 0.6 is 11.3 Å². The first-order chi connectivity index (χ1) is 5.65. The Morgan fingerprint density at radius 1 is 1.75 bits per heavy atom.